The number of piperazine rings is 1. The smallest absolute Gasteiger partial charge is 0.317 e. The number of hydrogen-bond donors (Lipinski definition) is 2. The minimum absolute atomic E-state index is 0.0103. The fraction of sp³-hybridized carbons (Fsp3) is 0.909. The summed E-state index contributed by atoms with van der Waals surface area (Å²) in [6.45, 7) is 10.00. The van der Waals surface area contributed by atoms with Gasteiger partial charge < -0.3 is 15.3 Å². The van der Waals surface area contributed by atoms with Crippen LogP contribution in [-0.2, 0) is 0 Å². The number of β-amino-alcohol motifs (C(OH)–C–C–N with tert-alkyl or cyclic N) is 1. The number of hydrogen-bond acceptors (Lipinski definition) is 3. The number of amides is 2. The quantitative estimate of drug-likeness (QED) is 0.706. The van der Waals surface area contributed by atoms with Crippen molar-refractivity contribution in [3.63, 3.8) is 0 Å². The summed E-state index contributed by atoms with van der Waals surface area (Å²) in [5.74, 6) is 0. The lowest BCUT2D eigenvalue weighted by Gasteiger charge is -2.36. The summed E-state index contributed by atoms with van der Waals surface area (Å²) in [7, 11) is 0. The number of carbonyl (C=O) groups is 1. The van der Waals surface area contributed by atoms with E-state index in [1.807, 2.05) is 25.7 Å². The van der Waals surface area contributed by atoms with E-state index in [9.17, 15) is 4.79 Å². The highest BCUT2D eigenvalue weighted by Gasteiger charge is 2.23. The van der Waals surface area contributed by atoms with Crippen molar-refractivity contribution in [3.8, 4) is 0 Å². The second kappa shape index (κ2) is 5.50. The van der Waals surface area contributed by atoms with Crippen molar-refractivity contribution < 1.29 is 9.90 Å². The van der Waals surface area contributed by atoms with Crippen LogP contribution in [0.2, 0.25) is 0 Å². The first-order chi connectivity index (χ1) is 7.42. The molecular weight excluding hydrogens is 206 g/mol. The summed E-state index contributed by atoms with van der Waals surface area (Å²) in [6, 6.07) is 0.0103. The van der Waals surface area contributed by atoms with Gasteiger partial charge >= 0.3 is 6.03 Å². The molecule has 1 aliphatic heterocycles. The van der Waals surface area contributed by atoms with Gasteiger partial charge in [0.05, 0.1) is 6.61 Å². The highest BCUT2D eigenvalue weighted by Crippen LogP contribution is 2.05. The molecule has 94 valence electrons. The molecule has 0 unspecified atom stereocenters. The predicted molar refractivity (Wildman–Crippen MR) is 63.4 cm³/mol. The Morgan fingerprint density at radius 1 is 1.25 bits per heavy atom. The lowest BCUT2D eigenvalue weighted by atomic mass is 10.1. The maximum atomic E-state index is 11.8. The largest absolute Gasteiger partial charge is 0.395 e. The summed E-state index contributed by atoms with van der Waals surface area (Å²) in [5, 5.41) is 11.8. The Kier molecular flexibility index (Phi) is 4.56. The molecule has 5 nitrogen and oxygen atoms in total. The molecule has 0 radical (unpaired) electrons. The van der Waals surface area contributed by atoms with Gasteiger partial charge in [0, 0.05) is 38.3 Å². The van der Waals surface area contributed by atoms with Crippen LogP contribution in [0.5, 0.6) is 0 Å². The Balaban J connectivity index is 2.33. The molecule has 0 spiro atoms. The third-order valence-electron chi connectivity index (χ3n) is 2.56. The van der Waals surface area contributed by atoms with E-state index in [-0.39, 0.29) is 18.2 Å². The average Bonchev–Trinajstić information content (AvgIpc) is 2.16. The number of nitrogens with zero attached hydrogens (tertiary/aromatic N) is 2. The minimum Gasteiger partial charge on any atom is -0.395 e. The van der Waals surface area contributed by atoms with Gasteiger partial charge in [0.15, 0.2) is 0 Å². The lowest BCUT2D eigenvalue weighted by molar-refractivity contribution is 0.119. The number of carbonyl (C=O) groups excluding carboxylic acids is 1. The van der Waals surface area contributed by atoms with Crippen LogP contribution in [0.1, 0.15) is 20.8 Å². The van der Waals surface area contributed by atoms with Crippen LogP contribution in [0.4, 0.5) is 4.79 Å². The molecule has 1 saturated heterocycles. The molecule has 0 atom stereocenters. The zero-order valence-electron chi connectivity index (χ0n) is 10.5. The zero-order valence-corrected chi connectivity index (χ0v) is 10.5. The van der Waals surface area contributed by atoms with Crippen LogP contribution in [0.3, 0.4) is 0 Å². The predicted octanol–water partition coefficient (Wildman–Crippen LogP) is 0.104. The van der Waals surface area contributed by atoms with Gasteiger partial charge in [0.2, 0.25) is 0 Å². The molecule has 5 heteroatoms. The van der Waals surface area contributed by atoms with Crippen molar-refractivity contribution in [2.24, 2.45) is 0 Å². The average molecular weight is 229 g/mol. The van der Waals surface area contributed by atoms with Gasteiger partial charge in [-0.15, -0.1) is 0 Å². The van der Waals surface area contributed by atoms with E-state index in [1.54, 1.807) is 0 Å². The zero-order chi connectivity index (χ0) is 12.2. The van der Waals surface area contributed by atoms with Crippen molar-refractivity contribution in [1.29, 1.82) is 0 Å². The van der Waals surface area contributed by atoms with E-state index in [1.165, 1.54) is 0 Å². The second-order valence-corrected chi connectivity index (χ2v) is 5.23. The molecule has 1 aliphatic rings. The molecule has 0 saturated carbocycles. The van der Waals surface area contributed by atoms with Crippen LogP contribution in [0, 0.1) is 0 Å². The molecule has 1 fully saturated rings. The first kappa shape index (κ1) is 13.3. The van der Waals surface area contributed by atoms with E-state index in [0.29, 0.717) is 6.54 Å². The van der Waals surface area contributed by atoms with Gasteiger partial charge in [0.25, 0.3) is 0 Å². The maximum Gasteiger partial charge on any atom is 0.317 e. The van der Waals surface area contributed by atoms with E-state index in [2.05, 4.69) is 10.2 Å². The summed E-state index contributed by atoms with van der Waals surface area (Å²) in [4.78, 5) is 15.8. The van der Waals surface area contributed by atoms with Gasteiger partial charge in [-0.2, -0.15) is 0 Å². The van der Waals surface area contributed by atoms with E-state index in [0.717, 1.165) is 26.2 Å². The summed E-state index contributed by atoms with van der Waals surface area (Å²) in [6.07, 6.45) is 0. The van der Waals surface area contributed by atoms with Crippen LogP contribution < -0.4 is 5.32 Å². The number of aliphatic hydroxyl groups excluding tert-OH is 1. The highest BCUT2D eigenvalue weighted by atomic mass is 16.3. The second-order valence-electron chi connectivity index (χ2n) is 5.23. The Morgan fingerprint density at radius 3 is 2.25 bits per heavy atom. The molecular formula is C11H23N3O2. The Bertz CT molecular complexity index is 230. The van der Waals surface area contributed by atoms with Crippen molar-refractivity contribution in [3.05, 3.63) is 0 Å². The van der Waals surface area contributed by atoms with E-state index < -0.39 is 0 Å². The summed E-state index contributed by atoms with van der Waals surface area (Å²) < 4.78 is 0. The van der Waals surface area contributed by atoms with Crippen LogP contribution >= 0.6 is 0 Å². The fourth-order valence-electron chi connectivity index (χ4n) is 1.72. The van der Waals surface area contributed by atoms with Crippen LogP contribution in [0.15, 0.2) is 0 Å². The standard InChI is InChI=1S/C11H23N3O2/c1-11(2,3)12-10(16)14-6-4-13(5-7-14)8-9-15/h15H,4-9H2,1-3H3,(H,12,16). The van der Waals surface area contributed by atoms with Crippen molar-refractivity contribution in [1.82, 2.24) is 15.1 Å². The van der Waals surface area contributed by atoms with Crippen molar-refractivity contribution >= 4 is 6.03 Å². The highest BCUT2D eigenvalue weighted by molar-refractivity contribution is 5.75. The molecule has 1 heterocycles. The molecule has 1 rings (SSSR count). The first-order valence-corrected chi connectivity index (χ1v) is 5.83. The van der Waals surface area contributed by atoms with Gasteiger partial charge in [-0.25, -0.2) is 4.79 Å². The molecule has 2 amide bonds. The molecule has 0 aromatic rings. The molecule has 0 bridgehead atoms. The monoisotopic (exact) mass is 229 g/mol. The van der Waals surface area contributed by atoms with Crippen LogP contribution in [0.25, 0.3) is 0 Å². The number of aliphatic hydroxyl groups is 1. The van der Waals surface area contributed by atoms with Crippen molar-refractivity contribution in [2.45, 2.75) is 26.3 Å². The van der Waals surface area contributed by atoms with Gasteiger partial charge in [0.1, 0.15) is 0 Å². The Morgan fingerprint density at radius 2 is 1.81 bits per heavy atom. The summed E-state index contributed by atoms with van der Waals surface area (Å²) in [5.41, 5.74) is -0.181. The minimum atomic E-state index is -0.181. The third kappa shape index (κ3) is 4.37. The number of rotatable bonds is 2. The van der Waals surface area contributed by atoms with E-state index in [4.69, 9.17) is 5.11 Å². The van der Waals surface area contributed by atoms with E-state index >= 15 is 0 Å². The van der Waals surface area contributed by atoms with Gasteiger partial charge in [-0.05, 0) is 20.8 Å². The van der Waals surface area contributed by atoms with Crippen molar-refractivity contribution in [2.75, 3.05) is 39.3 Å². The molecule has 2 N–H and O–H groups in total. The maximum absolute atomic E-state index is 11.8. The Labute approximate surface area is 97.4 Å². The number of urea groups is 1. The normalized spacial score (nSPS) is 18.6. The molecule has 0 aliphatic carbocycles. The first-order valence-electron chi connectivity index (χ1n) is 5.83. The molecule has 0 aromatic carbocycles. The lowest BCUT2D eigenvalue weighted by Crippen LogP contribution is -2.55. The summed E-state index contributed by atoms with van der Waals surface area (Å²) >= 11 is 0. The topological polar surface area (TPSA) is 55.8 Å². The van der Waals surface area contributed by atoms with Gasteiger partial charge in [-0.1, -0.05) is 0 Å². The molecule has 16 heavy (non-hydrogen) atoms. The Hall–Kier alpha value is -0.810. The SMILES string of the molecule is CC(C)(C)NC(=O)N1CCN(CCO)CC1. The van der Waals surface area contributed by atoms with Crippen LogP contribution in [-0.4, -0.2) is 65.8 Å². The third-order valence-corrected chi connectivity index (χ3v) is 2.56. The number of nitrogens with one attached hydrogen (secondary N) is 1. The molecule has 0 aromatic heterocycles. The van der Waals surface area contributed by atoms with Gasteiger partial charge in [-0.3, -0.25) is 4.90 Å². The fourth-order valence-corrected chi connectivity index (χ4v) is 1.72.